The lowest BCUT2D eigenvalue weighted by atomic mass is 10.2. The SMILES string of the molecule is CC1CCCN1C(=O)Nc1cc(C(=O)O)ccc1Br. The normalized spacial score (nSPS) is 18.4. The summed E-state index contributed by atoms with van der Waals surface area (Å²) in [5.74, 6) is -1.02. The summed E-state index contributed by atoms with van der Waals surface area (Å²) in [7, 11) is 0. The molecule has 0 aromatic heterocycles. The first-order valence-corrected chi connectivity index (χ1v) is 6.89. The van der Waals surface area contributed by atoms with E-state index in [0.717, 1.165) is 19.4 Å². The van der Waals surface area contributed by atoms with Crippen LogP contribution in [0.4, 0.5) is 10.5 Å². The van der Waals surface area contributed by atoms with E-state index in [4.69, 9.17) is 5.11 Å². The molecule has 6 heteroatoms. The summed E-state index contributed by atoms with van der Waals surface area (Å²) in [4.78, 5) is 24.8. The van der Waals surface area contributed by atoms with Gasteiger partial charge < -0.3 is 15.3 Å². The Morgan fingerprint density at radius 3 is 2.79 bits per heavy atom. The molecular weight excluding hydrogens is 312 g/mol. The van der Waals surface area contributed by atoms with Crippen molar-refractivity contribution in [2.24, 2.45) is 0 Å². The van der Waals surface area contributed by atoms with E-state index < -0.39 is 5.97 Å². The topological polar surface area (TPSA) is 69.6 Å². The number of nitrogens with one attached hydrogen (secondary N) is 1. The van der Waals surface area contributed by atoms with Crippen molar-refractivity contribution in [1.82, 2.24) is 4.90 Å². The van der Waals surface area contributed by atoms with Crippen LogP contribution in [0.3, 0.4) is 0 Å². The number of carbonyl (C=O) groups is 2. The van der Waals surface area contributed by atoms with Gasteiger partial charge in [0.25, 0.3) is 0 Å². The molecule has 1 aliphatic heterocycles. The van der Waals surface area contributed by atoms with Crippen molar-refractivity contribution in [3.63, 3.8) is 0 Å². The Morgan fingerprint density at radius 1 is 1.47 bits per heavy atom. The Kier molecular flexibility index (Phi) is 4.09. The predicted octanol–water partition coefficient (Wildman–Crippen LogP) is 3.16. The second-order valence-corrected chi connectivity index (χ2v) is 5.47. The van der Waals surface area contributed by atoms with Crippen LogP contribution >= 0.6 is 15.9 Å². The molecule has 0 aliphatic carbocycles. The second kappa shape index (κ2) is 5.61. The van der Waals surface area contributed by atoms with Crippen LogP contribution in [0, 0.1) is 0 Å². The largest absolute Gasteiger partial charge is 0.478 e. The minimum absolute atomic E-state index is 0.146. The van der Waals surface area contributed by atoms with Gasteiger partial charge in [0.1, 0.15) is 0 Å². The highest BCUT2D eigenvalue weighted by molar-refractivity contribution is 9.10. The molecule has 19 heavy (non-hydrogen) atoms. The highest BCUT2D eigenvalue weighted by Crippen LogP contribution is 2.25. The summed E-state index contributed by atoms with van der Waals surface area (Å²) >= 11 is 3.31. The fourth-order valence-electron chi connectivity index (χ4n) is 2.18. The number of carbonyl (C=O) groups excluding carboxylic acids is 1. The number of carboxylic acid groups (broad SMARTS) is 1. The molecule has 102 valence electrons. The van der Waals surface area contributed by atoms with Crippen LogP contribution in [-0.2, 0) is 0 Å². The van der Waals surface area contributed by atoms with Gasteiger partial charge in [-0.3, -0.25) is 0 Å². The van der Waals surface area contributed by atoms with Crippen LogP contribution < -0.4 is 5.32 Å². The molecule has 2 N–H and O–H groups in total. The van der Waals surface area contributed by atoms with Gasteiger partial charge in [-0.1, -0.05) is 0 Å². The molecule has 1 saturated heterocycles. The van der Waals surface area contributed by atoms with E-state index in [0.29, 0.717) is 10.2 Å². The minimum Gasteiger partial charge on any atom is -0.478 e. The van der Waals surface area contributed by atoms with E-state index >= 15 is 0 Å². The van der Waals surface area contributed by atoms with Crippen LogP contribution in [-0.4, -0.2) is 34.6 Å². The highest BCUT2D eigenvalue weighted by atomic mass is 79.9. The lowest BCUT2D eigenvalue weighted by Crippen LogP contribution is -2.37. The van der Waals surface area contributed by atoms with Gasteiger partial charge in [0.05, 0.1) is 11.3 Å². The number of hydrogen-bond donors (Lipinski definition) is 2. The standard InChI is InChI=1S/C13H15BrN2O3/c1-8-3-2-6-16(8)13(19)15-11-7-9(12(17)18)4-5-10(11)14/h4-5,7-8H,2-3,6H2,1H3,(H,15,19)(H,17,18). The van der Waals surface area contributed by atoms with Gasteiger partial charge in [0.2, 0.25) is 0 Å². The predicted molar refractivity (Wildman–Crippen MR) is 75.5 cm³/mol. The van der Waals surface area contributed by atoms with Crippen LogP contribution in [0.1, 0.15) is 30.1 Å². The lowest BCUT2D eigenvalue weighted by molar-refractivity contribution is 0.0697. The summed E-state index contributed by atoms with van der Waals surface area (Å²) in [5.41, 5.74) is 0.622. The number of benzene rings is 1. The molecule has 1 atom stereocenters. The summed E-state index contributed by atoms with van der Waals surface area (Å²) in [6.07, 6.45) is 2.01. The number of hydrogen-bond acceptors (Lipinski definition) is 2. The first-order chi connectivity index (χ1) is 8.99. The third-order valence-corrected chi connectivity index (χ3v) is 3.96. The van der Waals surface area contributed by atoms with Crippen molar-refractivity contribution < 1.29 is 14.7 Å². The van der Waals surface area contributed by atoms with Crippen LogP contribution in [0.5, 0.6) is 0 Å². The fourth-order valence-corrected chi connectivity index (χ4v) is 2.52. The molecule has 1 aliphatic rings. The van der Waals surface area contributed by atoms with Crippen molar-refractivity contribution in [3.8, 4) is 0 Å². The zero-order valence-corrected chi connectivity index (χ0v) is 12.1. The number of halogens is 1. The number of anilines is 1. The molecule has 1 unspecified atom stereocenters. The van der Waals surface area contributed by atoms with E-state index in [9.17, 15) is 9.59 Å². The number of carboxylic acids is 1. The van der Waals surface area contributed by atoms with Crippen molar-refractivity contribution in [2.45, 2.75) is 25.8 Å². The van der Waals surface area contributed by atoms with Crippen LogP contribution in [0.2, 0.25) is 0 Å². The highest BCUT2D eigenvalue weighted by Gasteiger charge is 2.25. The van der Waals surface area contributed by atoms with Gasteiger partial charge >= 0.3 is 12.0 Å². The summed E-state index contributed by atoms with van der Waals surface area (Å²) in [5, 5.41) is 11.7. The maximum atomic E-state index is 12.1. The average Bonchev–Trinajstić information content (AvgIpc) is 2.78. The molecule has 2 amide bonds. The Hall–Kier alpha value is -1.56. The van der Waals surface area contributed by atoms with E-state index in [1.807, 2.05) is 6.92 Å². The molecule has 0 saturated carbocycles. The maximum absolute atomic E-state index is 12.1. The van der Waals surface area contributed by atoms with Crippen molar-refractivity contribution in [2.75, 3.05) is 11.9 Å². The first kappa shape index (κ1) is 13.9. The molecule has 1 aromatic carbocycles. The molecule has 2 rings (SSSR count). The van der Waals surface area contributed by atoms with Gasteiger partial charge in [-0.05, 0) is 53.9 Å². The van der Waals surface area contributed by atoms with E-state index in [2.05, 4.69) is 21.2 Å². The monoisotopic (exact) mass is 326 g/mol. The molecular formula is C13H15BrN2O3. The summed E-state index contributed by atoms with van der Waals surface area (Å²) in [6.45, 7) is 2.75. The molecule has 0 spiro atoms. The van der Waals surface area contributed by atoms with Gasteiger partial charge in [-0.15, -0.1) is 0 Å². The molecule has 1 heterocycles. The van der Waals surface area contributed by atoms with E-state index in [1.165, 1.54) is 12.1 Å². The van der Waals surface area contributed by atoms with Gasteiger partial charge in [0, 0.05) is 17.1 Å². The van der Waals surface area contributed by atoms with Crippen LogP contribution in [0.15, 0.2) is 22.7 Å². The number of nitrogens with zero attached hydrogens (tertiary/aromatic N) is 1. The number of likely N-dealkylation sites (tertiary alicyclic amines) is 1. The van der Waals surface area contributed by atoms with Crippen molar-refractivity contribution in [3.05, 3.63) is 28.2 Å². The number of urea groups is 1. The maximum Gasteiger partial charge on any atom is 0.335 e. The van der Waals surface area contributed by atoms with Crippen molar-refractivity contribution >= 4 is 33.6 Å². The van der Waals surface area contributed by atoms with Gasteiger partial charge in [-0.2, -0.15) is 0 Å². The Balaban J connectivity index is 2.16. The Bertz CT molecular complexity index is 519. The quantitative estimate of drug-likeness (QED) is 0.877. The molecule has 5 nitrogen and oxygen atoms in total. The zero-order valence-electron chi connectivity index (χ0n) is 10.5. The first-order valence-electron chi connectivity index (χ1n) is 6.09. The van der Waals surface area contributed by atoms with Crippen molar-refractivity contribution in [1.29, 1.82) is 0 Å². The molecule has 0 bridgehead atoms. The second-order valence-electron chi connectivity index (χ2n) is 4.61. The summed E-state index contributed by atoms with van der Waals surface area (Å²) < 4.78 is 0.665. The van der Waals surface area contributed by atoms with Gasteiger partial charge in [0.15, 0.2) is 0 Å². The Labute approximate surface area is 119 Å². The van der Waals surface area contributed by atoms with E-state index in [-0.39, 0.29) is 17.6 Å². The minimum atomic E-state index is -1.02. The third-order valence-electron chi connectivity index (χ3n) is 3.27. The van der Waals surface area contributed by atoms with Crippen LogP contribution in [0.25, 0.3) is 0 Å². The number of rotatable bonds is 2. The zero-order chi connectivity index (χ0) is 14.0. The van der Waals surface area contributed by atoms with Gasteiger partial charge in [-0.25, -0.2) is 9.59 Å². The van der Waals surface area contributed by atoms with E-state index in [1.54, 1.807) is 11.0 Å². The Morgan fingerprint density at radius 2 is 2.21 bits per heavy atom. The number of aromatic carboxylic acids is 1. The summed E-state index contributed by atoms with van der Waals surface area (Å²) in [6, 6.07) is 4.59. The third kappa shape index (κ3) is 3.07. The average molecular weight is 327 g/mol. The molecule has 1 aromatic rings. The molecule has 1 fully saturated rings. The lowest BCUT2D eigenvalue weighted by Gasteiger charge is -2.22. The fraction of sp³-hybridized carbons (Fsp3) is 0.385. The smallest absolute Gasteiger partial charge is 0.335 e. The number of amides is 2. The molecule has 0 radical (unpaired) electrons.